The van der Waals surface area contributed by atoms with Crippen molar-refractivity contribution in [2.75, 3.05) is 7.11 Å². The minimum Gasteiger partial charge on any atom is -0.465 e. The lowest BCUT2D eigenvalue weighted by molar-refractivity contribution is 0.0600. The van der Waals surface area contributed by atoms with Crippen molar-refractivity contribution in [3.63, 3.8) is 0 Å². The van der Waals surface area contributed by atoms with E-state index in [9.17, 15) is 4.79 Å². The molecular formula is C8H5BrIN3O2. The highest BCUT2D eigenvalue weighted by Gasteiger charge is 2.11. The Labute approximate surface area is 107 Å². The number of nitrogens with zero attached hydrogens (tertiary/aromatic N) is 3. The molecule has 15 heavy (non-hydrogen) atoms. The van der Waals surface area contributed by atoms with E-state index in [0.29, 0.717) is 19.5 Å². The molecule has 0 amide bonds. The number of methoxy groups -OCH3 is 1. The average Bonchev–Trinajstić information content (AvgIpc) is 2.58. The molecule has 0 radical (unpaired) electrons. The maximum atomic E-state index is 11.3. The number of carbonyl (C=O) groups excluding carboxylic acids is 1. The number of fused-ring (bicyclic) bond motifs is 1. The average molecular weight is 382 g/mol. The second-order valence-corrected chi connectivity index (χ2v) is 4.54. The first kappa shape index (κ1) is 10.8. The predicted octanol–water partition coefficient (Wildman–Crippen LogP) is 1.88. The summed E-state index contributed by atoms with van der Waals surface area (Å²) in [6, 6.07) is 1.66. The van der Waals surface area contributed by atoms with Gasteiger partial charge in [-0.1, -0.05) is 0 Å². The second kappa shape index (κ2) is 4.05. The van der Waals surface area contributed by atoms with Gasteiger partial charge in [-0.3, -0.25) is 0 Å². The molecule has 7 heteroatoms. The molecule has 0 spiro atoms. The fourth-order valence-electron chi connectivity index (χ4n) is 1.15. The molecule has 2 rings (SSSR count). The first-order valence-electron chi connectivity index (χ1n) is 3.91. The van der Waals surface area contributed by atoms with Gasteiger partial charge in [0.2, 0.25) is 3.83 Å². The van der Waals surface area contributed by atoms with Crippen molar-refractivity contribution < 1.29 is 9.53 Å². The zero-order valence-electron chi connectivity index (χ0n) is 7.57. The number of esters is 1. The Bertz CT molecular complexity index is 540. The number of ether oxygens (including phenoxy) is 1. The Morgan fingerprint density at radius 2 is 2.40 bits per heavy atom. The Balaban J connectivity index is 2.66. The first-order chi connectivity index (χ1) is 7.11. The summed E-state index contributed by atoms with van der Waals surface area (Å²) in [6.45, 7) is 0. The van der Waals surface area contributed by atoms with Crippen molar-refractivity contribution in [3.8, 4) is 0 Å². The van der Waals surface area contributed by atoms with Crippen LogP contribution in [0.25, 0.3) is 5.65 Å². The SMILES string of the molecule is COC(=O)c1cc(Br)c2nc(I)nn2c1. The van der Waals surface area contributed by atoms with Crippen LogP contribution < -0.4 is 0 Å². The van der Waals surface area contributed by atoms with Crippen LogP contribution in [0, 0.1) is 3.83 Å². The van der Waals surface area contributed by atoms with Crippen molar-refractivity contribution >= 4 is 50.1 Å². The third kappa shape index (κ3) is 1.98. The van der Waals surface area contributed by atoms with Crippen LogP contribution in [0.15, 0.2) is 16.7 Å². The second-order valence-electron chi connectivity index (χ2n) is 2.72. The summed E-state index contributed by atoms with van der Waals surface area (Å²) in [5.74, 6) is -0.400. The Hall–Kier alpha value is -0.700. The number of aromatic nitrogens is 3. The number of halogens is 2. The molecule has 5 nitrogen and oxygen atoms in total. The number of hydrogen-bond donors (Lipinski definition) is 0. The summed E-state index contributed by atoms with van der Waals surface area (Å²) < 4.78 is 7.49. The van der Waals surface area contributed by atoms with Gasteiger partial charge in [-0.2, -0.15) is 0 Å². The summed E-state index contributed by atoms with van der Waals surface area (Å²) >= 11 is 5.33. The number of carbonyl (C=O) groups is 1. The molecule has 0 aliphatic rings. The van der Waals surface area contributed by atoms with Crippen LogP contribution >= 0.6 is 38.5 Å². The van der Waals surface area contributed by atoms with E-state index >= 15 is 0 Å². The molecule has 0 saturated heterocycles. The highest BCUT2D eigenvalue weighted by Crippen LogP contribution is 2.19. The quantitative estimate of drug-likeness (QED) is 0.559. The molecule has 0 saturated carbocycles. The molecule has 0 bridgehead atoms. The molecule has 2 aromatic rings. The van der Waals surface area contributed by atoms with Gasteiger partial charge in [0.15, 0.2) is 5.65 Å². The number of rotatable bonds is 1. The van der Waals surface area contributed by atoms with E-state index in [2.05, 4.69) is 30.7 Å². The van der Waals surface area contributed by atoms with Crippen LogP contribution in [0.1, 0.15) is 10.4 Å². The first-order valence-corrected chi connectivity index (χ1v) is 5.78. The minimum atomic E-state index is -0.400. The Morgan fingerprint density at radius 1 is 1.67 bits per heavy atom. The fraction of sp³-hybridized carbons (Fsp3) is 0.125. The van der Waals surface area contributed by atoms with E-state index in [1.165, 1.54) is 11.6 Å². The van der Waals surface area contributed by atoms with Crippen LogP contribution in [-0.2, 0) is 4.74 Å². The van der Waals surface area contributed by atoms with Gasteiger partial charge >= 0.3 is 5.97 Å². The van der Waals surface area contributed by atoms with Gasteiger partial charge in [-0.15, -0.1) is 5.10 Å². The van der Waals surface area contributed by atoms with E-state index < -0.39 is 5.97 Å². The molecular weight excluding hydrogens is 377 g/mol. The van der Waals surface area contributed by atoms with Gasteiger partial charge in [0.05, 0.1) is 17.1 Å². The summed E-state index contributed by atoms with van der Waals surface area (Å²) in [7, 11) is 1.34. The maximum Gasteiger partial charge on any atom is 0.339 e. The van der Waals surface area contributed by atoms with Crippen molar-refractivity contribution in [2.45, 2.75) is 0 Å². The van der Waals surface area contributed by atoms with Crippen LogP contribution in [-0.4, -0.2) is 27.7 Å². The normalized spacial score (nSPS) is 10.6. The van der Waals surface area contributed by atoms with Gasteiger partial charge < -0.3 is 4.74 Å². The van der Waals surface area contributed by atoms with Gasteiger partial charge in [0.25, 0.3) is 0 Å². The summed E-state index contributed by atoms with van der Waals surface area (Å²) in [4.78, 5) is 15.5. The monoisotopic (exact) mass is 381 g/mol. The van der Waals surface area contributed by atoms with Crippen molar-refractivity contribution in [1.82, 2.24) is 14.6 Å². The van der Waals surface area contributed by atoms with Crippen molar-refractivity contribution in [2.24, 2.45) is 0 Å². The highest BCUT2D eigenvalue weighted by atomic mass is 127. The zero-order valence-corrected chi connectivity index (χ0v) is 11.3. The minimum absolute atomic E-state index is 0.400. The smallest absolute Gasteiger partial charge is 0.339 e. The van der Waals surface area contributed by atoms with E-state index in [-0.39, 0.29) is 0 Å². The van der Waals surface area contributed by atoms with Gasteiger partial charge in [-0.25, -0.2) is 14.3 Å². The van der Waals surface area contributed by atoms with Crippen LogP contribution in [0.5, 0.6) is 0 Å². The van der Waals surface area contributed by atoms with Gasteiger partial charge in [0.1, 0.15) is 0 Å². The molecule has 2 aromatic heterocycles. The van der Waals surface area contributed by atoms with Gasteiger partial charge in [-0.05, 0) is 22.0 Å². The fourth-order valence-corrected chi connectivity index (χ4v) is 2.13. The molecule has 2 heterocycles. The van der Waals surface area contributed by atoms with Crippen LogP contribution in [0.3, 0.4) is 0 Å². The molecule has 0 unspecified atom stereocenters. The molecule has 78 valence electrons. The molecule has 0 fully saturated rings. The van der Waals surface area contributed by atoms with E-state index in [0.717, 1.165) is 0 Å². The van der Waals surface area contributed by atoms with E-state index in [1.54, 1.807) is 12.3 Å². The third-order valence-electron chi connectivity index (χ3n) is 1.78. The van der Waals surface area contributed by atoms with E-state index in [4.69, 9.17) is 0 Å². The number of pyridine rings is 1. The lowest BCUT2D eigenvalue weighted by atomic mass is 10.3. The maximum absolute atomic E-state index is 11.3. The van der Waals surface area contributed by atoms with Crippen molar-refractivity contribution in [3.05, 3.63) is 26.1 Å². The largest absolute Gasteiger partial charge is 0.465 e. The summed E-state index contributed by atoms with van der Waals surface area (Å²) in [6.07, 6.45) is 1.58. The lowest BCUT2D eigenvalue weighted by Crippen LogP contribution is -2.03. The molecule has 0 aliphatic heterocycles. The Kier molecular flexibility index (Phi) is 2.91. The standard InChI is InChI=1S/C8H5BrIN3O2/c1-15-7(14)4-2-5(9)6-11-8(10)12-13(6)3-4/h2-3H,1H3. The Morgan fingerprint density at radius 3 is 3.07 bits per heavy atom. The molecule has 0 N–H and O–H groups in total. The van der Waals surface area contributed by atoms with Crippen molar-refractivity contribution in [1.29, 1.82) is 0 Å². The van der Waals surface area contributed by atoms with Crippen LogP contribution in [0.4, 0.5) is 0 Å². The van der Waals surface area contributed by atoms with Gasteiger partial charge in [0, 0.05) is 28.8 Å². The zero-order chi connectivity index (χ0) is 11.0. The highest BCUT2D eigenvalue weighted by molar-refractivity contribution is 14.1. The number of hydrogen-bond acceptors (Lipinski definition) is 4. The summed E-state index contributed by atoms with van der Waals surface area (Å²) in [5.41, 5.74) is 1.10. The predicted molar refractivity (Wildman–Crippen MR) is 64.7 cm³/mol. The summed E-state index contributed by atoms with van der Waals surface area (Å²) in [5, 5.41) is 4.11. The molecule has 0 aromatic carbocycles. The van der Waals surface area contributed by atoms with Crippen LogP contribution in [0.2, 0.25) is 0 Å². The lowest BCUT2D eigenvalue weighted by Gasteiger charge is -2.00. The molecule has 0 atom stereocenters. The topological polar surface area (TPSA) is 56.5 Å². The van der Waals surface area contributed by atoms with E-state index in [1.807, 2.05) is 22.6 Å². The molecule has 0 aliphatic carbocycles. The third-order valence-corrected chi connectivity index (χ3v) is 2.82.